The van der Waals surface area contributed by atoms with Crippen LogP contribution < -0.4 is 5.32 Å². The molecule has 1 aromatic rings. The highest BCUT2D eigenvalue weighted by Gasteiger charge is 2.31. The van der Waals surface area contributed by atoms with E-state index >= 15 is 0 Å². The Balaban J connectivity index is 1.42. The van der Waals surface area contributed by atoms with Crippen LogP contribution in [-0.4, -0.2) is 36.2 Å². The normalized spacial score (nSPS) is 21.6. The molecule has 1 saturated carbocycles. The molecule has 0 amide bonds. The molecule has 118 valence electrons. The summed E-state index contributed by atoms with van der Waals surface area (Å²) in [7, 11) is 0. The van der Waals surface area contributed by atoms with Crippen molar-refractivity contribution in [3.05, 3.63) is 15.9 Å². The second-order valence-corrected chi connectivity index (χ2v) is 7.44. The molecule has 5 heteroatoms. The Kier molecular flexibility index (Phi) is 5.35. The lowest BCUT2D eigenvalue weighted by Crippen LogP contribution is -2.36. The van der Waals surface area contributed by atoms with Gasteiger partial charge in [0.2, 0.25) is 0 Å². The number of halogens is 1. The van der Waals surface area contributed by atoms with Gasteiger partial charge in [0.1, 0.15) is 5.76 Å². The first-order valence-electron chi connectivity index (χ1n) is 8.31. The van der Waals surface area contributed by atoms with Crippen molar-refractivity contribution >= 4 is 15.9 Å². The number of hydrogen-bond acceptors (Lipinski definition) is 4. The molecule has 21 heavy (non-hydrogen) atoms. The zero-order chi connectivity index (χ0) is 14.7. The Morgan fingerprint density at radius 1 is 1.33 bits per heavy atom. The van der Waals surface area contributed by atoms with Crippen molar-refractivity contribution in [3.63, 3.8) is 0 Å². The highest BCUT2D eigenvalue weighted by atomic mass is 79.9. The van der Waals surface area contributed by atoms with Crippen molar-refractivity contribution in [1.82, 2.24) is 15.4 Å². The maximum atomic E-state index is 5.45. The van der Waals surface area contributed by atoms with Gasteiger partial charge in [-0.25, -0.2) is 0 Å². The molecule has 1 unspecified atom stereocenters. The molecule has 0 spiro atoms. The quantitative estimate of drug-likeness (QED) is 0.812. The van der Waals surface area contributed by atoms with Crippen molar-refractivity contribution in [2.75, 3.05) is 26.2 Å². The Labute approximate surface area is 135 Å². The molecule has 1 N–H and O–H groups in total. The first-order valence-corrected chi connectivity index (χ1v) is 9.10. The Morgan fingerprint density at radius 2 is 2.10 bits per heavy atom. The van der Waals surface area contributed by atoms with Crippen molar-refractivity contribution in [1.29, 1.82) is 0 Å². The summed E-state index contributed by atoms with van der Waals surface area (Å²) in [6, 6.07) is 0. The van der Waals surface area contributed by atoms with Crippen LogP contribution in [0.5, 0.6) is 0 Å². The van der Waals surface area contributed by atoms with Crippen LogP contribution in [0, 0.1) is 5.92 Å². The first kappa shape index (κ1) is 15.5. The zero-order valence-electron chi connectivity index (χ0n) is 12.9. The van der Waals surface area contributed by atoms with E-state index < -0.39 is 0 Å². The Hall–Kier alpha value is -0.390. The fourth-order valence-corrected chi connectivity index (χ4v) is 3.63. The molecule has 1 saturated heterocycles. The molecule has 2 aliphatic rings. The van der Waals surface area contributed by atoms with E-state index in [0.717, 1.165) is 23.5 Å². The zero-order valence-corrected chi connectivity index (χ0v) is 14.5. The Morgan fingerprint density at radius 3 is 2.81 bits per heavy atom. The maximum absolute atomic E-state index is 5.45. The average Bonchev–Trinajstić information content (AvgIpc) is 3.26. The molecule has 2 heterocycles. The lowest BCUT2D eigenvalue weighted by Gasteiger charge is -2.29. The summed E-state index contributed by atoms with van der Waals surface area (Å²) >= 11 is 3.51. The third-order valence-corrected chi connectivity index (χ3v) is 5.16. The fraction of sp³-hybridized carbons (Fsp3) is 0.812. The number of aromatic nitrogens is 1. The second-order valence-electron chi connectivity index (χ2n) is 6.69. The van der Waals surface area contributed by atoms with Gasteiger partial charge in [-0.1, -0.05) is 18.5 Å². The second kappa shape index (κ2) is 7.25. The summed E-state index contributed by atoms with van der Waals surface area (Å²) in [6.07, 6.45) is 6.66. The molecule has 3 rings (SSSR count). The summed E-state index contributed by atoms with van der Waals surface area (Å²) in [6.45, 7) is 8.04. The highest BCUT2D eigenvalue weighted by molar-refractivity contribution is 9.10. The van der Waals surface area contributed by atoms with Crippen LogP contribution in [0.4, 0.5) is 0 Å². The van der Waals surface area contributed by atoms with E-state index in [-0.39, 0.29) is 0 Å². The van der Waals surface area contributed by atoms with Gasteiger partial charge in [0.15, 0.2) is 4.60 Å². The minimum absolute atomic E-state index is 0.617. The molecular weight excluding hydrogens is 330 g/mol. The monoisotopic (exact) mass is 355 g/mol. The fourth-order valence-electron chi connectivity index (χ4n) is 3.22. The van der Waals surface area contributed by atoms with Crippen molar-refractivity contribution in [2.45, 2.75) is 51.5 Å². The summed E-state index contributed by atoms with van der Waals surface area (Å²) < 4.78 is 6.33. The van der Waals surface area contributed by atoms with Gasteiger partial charge in [0.25, 0.3) is 0 Å². The number of rotatable bonds is 7. The van der Waals surface area contributed by atoms with E-state index in [2.05, 4.69) is 38.2 Å². The molecule has 4 nitrogen and oxygen atoms in total. The van der Waals surface area contributed by atoms with E-state index in [1.54, 1.807) is 0 Å². The third kappa shape index (κ3) is 4.30. The molecule has 1 aromatic heterocycles. The topological polar surface area (TPSA) is 41.3 Å². The molecule has 0 radical (unpaired) electrons. The molecule has 2 fully saturated rings. The van der Waals surface area contributed by atoms with Crippen LogP contribution in [0.15, 0.2) is 9.13 Å². The van der Waals surface area contributed by atoms with E-state index in [4.69, 9.17) is 4.52 Å². The molecule has 0 aromatic carbocycles. The molecular formula is C16H26BrN3O. The van der Waals surface area contributed by atoms with Crippen LogP contribution in [-0.2, 0) is 6.54 Å². The molecule has 1 atom stereocenters. The van der Waals surface area contributed by atoms with Gasteiger partial charge in [0, 0.05) is 24.6 Å². The highest BCUT2D eigenvalue weighted by Crippen LogP contribution is 2.43. The van der Waals surface area contributed by atoms with Crippen molar-refractivity contribution in [3.8, 4) is 0 Å². The van der Waals surface area contributed by atoms with Crippen LogP contribution >= 0.6 is 15.9 Å². The van der Waals surface area contributed by atoms with Crippen LogP contribution in [0.25, 0.3) is 0 Å². The van der Waals surface area contributed by atoms with Gasteiger partial charge < -0.3 is 14.7 Å². The predicted octanol–water partition coefficient (Wildman–Crippen LogP) is 3.53. The van der Waals surface area contributed by atoms with Gasteiger partial charge >= 0.3 is 0 Å². The smallest absolute Gasteiger partial charge is 0.153 e. The van der Waals surface area contributed by atoms with Crippen LogP contribution in [0.2, 0.25) is 0 Å². The largest absolute Gasteiger partial charge is 0.360 e. The minimum atomic E-state index is 0.617. The van der Waals surface area contributed by atoms with Gasteiger partial charge in [-0.3, -0.25) is 0 Å². The van der Waals surface area contributed by atoms with Crippen LogP contribution in [0.3, 0.4) is 0 Å². The number of likely N-dealkylation sites (tertiary alicyclic amines) is 1. The van der Waals surface area contributed by atoms with E-state index in [1.165, 1.54) is 57.3 Å². The van der Waals surface area contributed by atoms with E-state index in [1.807, 2.05) is 0 Å². The predicted molar refractivity (Wildman–Crippen MR) is 87.3 cm³/mol. The Bertz CT molecular complexity index is 452. The standard InChI is InChI=1S/C16H26BrN3O/c1-12(11-20-7-3-2-4-8-20)9-18-10-14-15(13-5-6-13)21-19-16(14)17/h12-13,18H,2-11H2,1H3. The summed E-state index contributed by atoms with van der Waals surface area (Å²) in [5.74, 6) is 2.40. The molecule has 0 bridgehead atoms. The number of hydrogen-bond donors (Lipinski definition) is 1. The first-order chi connectivity index (χ1) is 10.2. The van der Waals surface area contributed by atoms with Crippen molar-refractivity contribution < 1.29 is 4.52 Å². The lowest BCUT2D eigenvalue weighted by atomic mass is 10.1. The number of nitrogens with one attached hydrogen (secondary N) is 1. The van der Waals surface area contributed by atoms with Gasteiger partial charge in [-0.2, -0.15) is 0 Å². The average molecular weight is 356 g/mol. The van der Waals surface area contributed by atoms with Crippen LogP contribution in [0.1, 0.15) is 56.3 Å². The van der Waals surface area contributed by atoms with Gasteiger partial charge in [-0.05, 0) is 67.2 Å². The maximum Gasteiger partial charge on any atom is 0.153 e. The van der Waals surface area contributed by atoms with Gasteiger partial charge in [-0.15, -0.1) is 0 Å². The summed E-state index contributed by atoms with van der Waals surface area (Å²) in [5, 5.41) is 7.65. The SMILES string of the molecule is CC(CNCc1c(Br)noc1C1CC1)CN1CCCCC1. The molecule has 1 aliphatic heterocycles. The molecule has 1 aliphatic carbocycles. The lowest BCUT2D eigenvalue weighted by molar-refractivity contribution is 0.199. The number of nitrogens with zero attached hydrogens (tertiary/aromatic N) is 2. The van der Waals surface area contributed by atoms with E-state index in [9.17, 15) is 0 Å². The number of piperidine rings is 1. The van der Waals surface area contributed by atoms with Crippen molar-refractivity contribution in [2.24, 2.45) is 5.92 Å². The van der Waals surface area contributed by atoms with Gasteiger partial charge in [0.05, 0.1) is 0 Å². The minimum Gasteiger partial charge on any atom is -0.360 e. The third-order valence-electron chi connectivity index (χ3n) is 4.53. The summed E-state index contributed by atoms with van der Waals surface area (Å²) in [4.78, 5) is 2.61. The summed E-state index contributed by atoms with van der Waals surface area (Å²) in [5.41, 5.74) is 1.22. The van der Waals surface area contributed by atoms with E-state index in [0.29, 0.717) is 11.8 Å².